The molecule has 0 radical (unpaired) electrons. The maximum Gasteiger partial charge on any atom is 0.265 e. The molecule has 4 unspecified atom stereocenters. The monoisotopic (exact) mass is 643 g/mol. The molecule has 0 amide bonds. The number of aryl methyl sites for hydroxylation is 2. The van der Waals surface area contributed by atoms with Crippen LogP contribution < -0.4 is 9.13 Å². The zero-order valence-electron chi connectivity index (χ0n) is 27.9. The third-order valence-corrected chi connectivity index (χ3v) is 10.2. The molecule has 3 heterocycles. The molecule has 3 aromatic heterocycles. The summed E-state index contributed by atoms with van der Waals surface area (Å²) in [6.07, 6.45) is 20.7. The molecule has 246 valence electrons. The molecule has 0 saturated carbocycles. The molecule has 1 N–H and O–H groups in total. The molecule has 4 rings (SSSR count). The van der Waals surface area contributed by atoms with Gasteiger partial charge in [-0.1, -0.05) is 57.5 Å². The Labute approximate surface area is 277 Å². The molecule has 1 aromatic carbocycles. The van der Waals surface area contributed by atoms with E-state index in [2.05, 4.69) is 109 Å². The van der Waals surface area contributed by atoms with Gasteiger partial charge in [0.25, 0.3) is 10.1 Å². The molecule has 4 aromatic rings. The molecular formula is C39H53N3O3S+2. The lowest BCUT2D eigenvalue weighted by Crippen LogP contribution is -2.33. The molecule has 0 bridgehead atoms. The number of pyridine rings is 3. The summed E-state index contributed by atoms with van der Waals surface area (Å²) in [6, 6.07) is 24.3. The molecule has 0 saturated heterocycles. The van der Waals surface area contributed by atoms with E-state index < -0.39 is 10.1 Å². The van der Waals surface area contributed by atoms with Crippen LogP contribution in [0.5, 0.6) is 0 Å². The number of rotatable bonds is 19. The summed E-state index contributed by atoms with van der Waals surface area (Å²) < 4.78 is 35.7. The predicted octanol–water partition coefficient (Wildman–Crippen LogP) is 8.16. The van der Waals surface area contributed by atoms with Gasteiger partial charge in [0.1, 0.15) is 13.1 Å². The second-order valence-corrected chi connectivity index (χ2v) is 14.5. The summed E-state index contributed by atoms with van der Waals surface area (Å²) >= 11 is 0. The summed E-state index contributed by atoms with van der Waals surface area (Å²) in [7, 11) is -3.94. The Morgan fingerprint density at radius 2 is 1.17 bits per heavy atom. The van der Waals surface area contributed by atoms with Crippen LogP contribution in [0, 0.1) is 0 Å². The molecule has 7 heteroatoms. The van der Waals surface area contributed by atoms with Crippen molar-refractivity contribution in [2.45, 2.75) is 109 Å². The lowest BCUT2D eigenvalue weighted by Gasteiger charge is -2.29. The van der Waals surface area contributed by atoms with Crippen LogP contribution in [0.15, 0.2) is 104 Å². The zero-order valence-corrected chi connectivity index (χ0v) is 28.7. The fourth-order valence-corrected chi connectivity index (χ4v) is 7.19. The Kier molecular flexibility index (Phi) is 13.9. The van der Waals surface area contributed by atoms with E-state index in [4.69, 9.17) is 4.55 Å². The summed E-state index contributed by atoms with van der Waals surface area (Å²) in [5.41, 5.74) is 5.44. The van der Waals surface area contributed by atoms with E-state index >= 15 is 0 Å². The summed E-state index contributed by atoms with van der Waals surface area (Å²) in [5, 5.41) is 0. The van der Waals surface area contributed by atoms with Crippen molar-refractivity contribution in [1.29, 1.82) is 0 Å². The first kappa shape index (κ1) is 35.4. The molecule has 46 heavy (non-hydrogen) atoms. The highest BCUT2D eigenvalue weighted by Crippen LogP contribution is 2.41. The Morgan fingerprint density at radius 3 is 1.74 bits per heavy atom. The van der Waals surface area contributed by atoms with Crippen LogP contribution in [0.1, 0.15) is 118 Å². The van der Waals surface area contributed by atoms with Crippen LogP contribution in [-0.2, 0) is 23.2 Å². The first-order valence-corrected chi connectivity index (χ1v) is 18.7. The highest BCUT2D eigenvalue weighted by atomic mass is 32.2. The van der Waals surface area contributed by atoms with Crippen molar-refractivity contribution >= 4 is 10.1 Å². The molecule has 0 aliphatic rings. The fourth-order valence-electron chi connectivity index (χ4n) is 6.70. The van der Waals surface area contributed by atoms with E-state index in [9.17, 15) is 8.42 Å². The average molecular weight is 644 g/mol. The van der Waals surface area contributed by atoms with E-state index in [0.717, 1.165) is 32.2 Å². The minimum atomic E-state index is -3.94. The molecule has 0 fully saturated rings. The number of hydrogen-bond acceptors (Lipinski definition) is 3. The molecule has 6 nitrogen and oxygen atoms in total. The second-order valence-electron chi connectivity index (χ2n) is 12.9. The third-order valence-electron chi connectivity index (χ3n) is 9.43. The van der Waals surface area contributed by atoms with Gasteiger partial charge in [-0.15, -0.1) is 0 Å². The van der Waals surface area contributed by atoms with Gasteiger partial charge in [0.2, 0.25) is 0 Å². The van der Waals surface area contributed by atoms with Crippen molar-refractivity contribution in [3.63, 3.8) is 0 Å². The molecule has 0 aliphatic heterocycles. The topological polar surface area (TPSA) is 75.0 Å². The predicted molar refractivity (Wildman–Crippen MR) is 185 cm³/mol. The SMILES string of the molecule is CCCCC[n+]1ccc(C(CC(CC)c2cc[n+](CCCS(=O)(=O)O)cc2)CC(CC(C)c2ccccc2)c2ccncc2)cc1. The van der Waals surface area contributed by atoms with E-state index in [0.29, 0.717) is 36.6 Å². The van der Waals surface area contributed by atoms with Crippen molar-refractivity contribution in [1.82, 2.24) is 4.98 Å². The van der Waals surface area contributed by atoms with Gasteiger partial charge in [-0.3, -0.25) is 9.54 Å². The smallest absolute Gasteiger partial charge is 0.265 e. The second kappa shape index (κ2) is 18.1. The van der Waals surface area contributed by atoms with Gasteiger partial charge in [0.05, 0.1) is 5.75 Å². The molecule has 0 aliphatic carbocycles. The highest BCUT2D eigenvalue weighted by molar-refractivity contribution is 7.85. The van der Waals surface area contributed by atoms with Crippen molar-refractivity contribution in [2.75, 3.05) is 5.75 Å². The largest absolute Gasteiger partial charge is 0.286 e. The van der Waals surface area contributed by atoms with Gasteiger partial charge in [-0.25, -0.2) is 9.13 Å². The standard InChI is InChI=1S/C39H52N3O3S/c1-4-6-10-22-41-26-18-37(19-27-41)39(30-33(5-2)36-16-24-42(25-17-36)23-11-28-46(43,44)45)31-38(35-14-20-40-21-15-35)29-32(3)34-12-8-7-9-13-34/h7-9,12-21,24-27,32-33,38-39H,4-6,10-11,22-23,28-31H2,1-3H3/q+1/p+1. The number of benzene rings is 1. The van der Waals surface area contributed by atoms with Crippen molar-refractivity contribution < 1.29 is 22.1 Å². The number of nitrogens with zero attached hydrogens (tertiary/aromatic N) is 3. The van der Waals surface area contributed by atoms with E-state index in [1.54, 1.807) is 0 Å². The normalized spacial score (nSPS) is 14.4. The minimum Gasteiger partial charge on any atom is -0.286 e. The molecule has 0 spiro atoms. The lowest BCUT2D eigenvalue weighted by atomic mass is 9.75. The minimum absolute atomic E-state index is 0.224. The lowest BCUT2D eigenvalue weighted by molar-refractivity contribution is -0.697. The Morgan fingerprint density at radius 1 is 0.652 bits per heavy atom. The van der Waals surface area contributed by atoms with Crippen molar-refractivity contribution in [3.05, 3.63) is 126 Å². The van der Waals surface area contributed by atoms with Gasteiger partial charge >= 0.3 is 0 Å². The maximum atomic E-state index is 11.1. The van der Waals surface area contributed by atoms with E-state index in [-0.39, 0.29) is 5.75 Å². The van der Waals surface area contributed by atoms with Crippen molar-refractivity contribution in [3.8, 4) is 0 Å². The van der Waals surface area contributed by atoms with Crippen molar-refractivity contribution in [2.24, 2.45) is 0 Å². The van der Waals surface area contributed by atoms with Crippen LogP contribution in [0.2, 0.25) is 0 Å². The van der Waals surface area contributed by atoms with Gasteiger partial charge in [-0.05, 0) is 90.2 Å². The Hall–Kier alpha value is -3.42. The number of unbranched alkanes of at least 4 members (excludes halogenated alkanes) is 2. The Balaban J connectivity index is 1.59. The molecular weight excluding hydrogens is 591 g/mol. The van der Waals surface area contributed by atoms with E-state index in [1.165, 1.54) is 41.5 Å². The summed E-state index contributed by atoms with van der Waals surface area (Å²) in [4.78, 5) is 4.33. The molecule has 4 atom stereocenters. The number of hydrogen-bond donors (Lipinski definition) is 1. The maximum absolute atomic E-state index is 11.1. The van der Waals surface area contributed by atoms with Gasteiger partial charge < -0.3 is 0 Å². The van der Waals surface area contributed by atoms with Gasteiger partial charge in [-0.2, -0.15) is 8.42 Å². The zero-order chi connectivity index (χ0) is 32.8. The Bertz CT molecular complexity index is 1530. The quantitative estimate of drug-likeness (QED) is 0.0636. The summed E-state index contributed by atoms with van der Waals surface area (Å²) in [6.45, 7) is 8.48. The van der Waals surface area contributed by atoms with Gasteiger partial charge in [0, 0.05) is 49.5 Å². The summed E-state index contributed by atoms with van der Waals surface area (Å²) in [5.74, 6) is 1.36. The number of aromatic nitrogens is 3. The van der Waals surface area contributed by atoms with Crippen LogP contribution in [0.25, 0.3) is 0 Å². The first-order chi connectivity index (χ1) is 22.3. The fraction of sp³-hybridized carbons (Fsp3) is 0.462. The van der Waals surface area contributed by atoms with Crippen LogP contribution in [0.4, 0.5) is 0 Å². The van der Waals surface area contributed by atoms with Crippen LogP contribution in [-0.4, -0.2) is 23.7 Å². The van der Waals surface area contributed by atoms with Crippen LogP contribution >= 0.6 is 0 Å². The van der Waals surface area contributed by atoms with Gasteiger partial charge in [0.15, 0.2) is 24.8 Å². The van der Waals surface area contributed by atoms with E-state index in [1.807, 2.05) is 29.4 Å². The first-order valence-electron chi connectivity index (χ1n) is 17.1. The van der Waals surface area contributed by atoms with Crippen LogP contribution in [0.3, 0.4) is 0 Å². The third kappa shape index (κ3) is 11.4. The highest BCUT2D eigenvalue weighted by Gasteiger charge is 2.26. The average Bonchev–Trinajstić information content (AvgIpc) is 3.07.